The molecule has 1 aliphatic rings. The molecule has 0 heterocycles. The van der Waals surface area contributed by atoms with E-state index in [0.717, 1.165) is 12.1 Å². The van der Waals surface area contributed by atoms with Gasteiger partial charge in [0.1, 0.15) is 0 Å². The lowest BCUT2D eigenvalue weighted by Crippen LogP contribution is -2.28. The summed E-state index contributed by atoms with van der Waals surface area (Å²) in [5.74, 6) is 0.295. The molecule has 1 fully saturated rings. The zero-order valence-electron chi connectivity index (χ0n) is 12.3. The average Bonchev–Trinajstić information content (AvgIpc) is 2.99. The highest BCUT2D eigenvalue weighted by Gasteiger charge is 2.50. The maximum atomic E-state index is 12.0. The highest BCUT2D eigenvalue weighted by Crippen LogP contribution is 2.51. The molecule has 0 spiro atoms. The third-order valence-corrected chi connectivity index (χ3v) is 4.27. The number of hydrogen-bond acceptors (Lipinski definition) is 2. The van der Waals surface area contributed by atoms with Crippen molar-refractivity contribution >= 4 is 11.6 Å². The van der Waals surface area contributed by atoms with Gasteiger partial charge in [-0.15, -0.1) is 0 Å². The molecule has 1 aromatic carbocycles. The number of rotatable bonds is 4. The van der Waals surface area contributed by atoms with Gasteiger partial charge in [0.25, 0.3) is 0 Å². The van der Waals surface area contributed by atoms with Crippen LogP contribution in [0.4, 0.5) is 5.69 Å². The number of benzene rings is 1. The van der Waals surface area contributed by atoms with Gasteiger partial charge in [0.15, 0.2) is 0 Å². The summed E-state index contributed by atoms with van der Waals surface area (Å²) in [6.45, 7) is 9.10. The maximum absolute atomic E-state index is 12.0. The Bertz CT molecular complexity index is 474. The molecule has 2 rings (SSSR count). The molecule has 3 N–H and O–H groups in total. The van der Waals surface area contributed by atoms with Crippen molar-refractivity contribution in [3.8, 4) is 0 Å². The van der Waals surface area contributed by atoms with E-state index in [1.807, 2.05) is 24.3 Å². The normalized spacial score (nSPS) is 21.0. The fourth-order valence-electron chi connectivity index (χ4n) is 2.27. The van der Waals surface area contributed by atoms with E-state index in [-0.39, 0.29) is 22.7 Å². The van der Waals surface area contributed by atoms with Crippen LogP contribution in [0.25, 0.3) is 0 Å². The summed E-state index contributed by atoms with van der Waals surface area (Å²) in [5, 5.41) is 2.99. The van der Waals surface area contributed by atoms with E-state index in [1.165, 1.54) is 5.56 Å². The molecule has 3 nitrogen and oxygen atoms in total. The molecule has 0 bridgehead atoms. The third-order valence-electron chi connectivity index (χ3n) is 4.27. The Morgan fingerprint density at radius 1 is 1.37 bits per heavy atom. The summed E-state index contributed by atoms with van der Waals surface area (Å²) in [6.07, 6.45) is 0.983. The van der Waals surface area contributed by atoms with Crippen LogP contribution in [-0.4, -0.2) is 12.5 Å². The predicted molar refractivity (Wildman–Crippen MR) is 79.0 cm³/mol. The Balaban J connectivity index is 2.02. The largest absolute Gasteiger partial charge is 0.330 e. The van der Waals surface area contributed by atoms with E-state index in [0.29, 0.717) is 6.54 Å². The summed E-state index contributed by atoms with van der Waals surface area (Å²) in [4.78, 5) is 12.0. The first-order valence-corrected chi connectivity index (χ1v) is 6.88. The third kappa shape index (κ3) is 2.98. The van der Waals surface area contributed by atoms with Gasteiger partial charge >= 0.3 is 0 Å². The average molecular weight is 260 g/mol. The monoisotopic (exact) mass is 260 g/mol. The number of hydrogen-bond donors (Lipinski definition) is 2. The first-order chi connectivity index (χ1) is 8.76. The van der Waals surface area contributed by atoms with Crippen molar-refractivity contribution in [3.05, 3.63) is 29.8 Å². The van der Waals surface area contributed by atoms with Crippen LogP contribution in [0.1, 0.15) is 39.7 Å². The Morgan fingerprint density at radius 2 is 1.89 bits per heavy atom. The molecule has 1 unspecified atom stereocenters. The first kappa shape index (κ1) is 14.1. The minimum Gasteiger partial charge on any atom is -0.330 e. The van der Waals surface area contributed by atoms with Crippen molar-refractivity contribution in [2.75, 3.05) is 11.9 Å². The van der Waals surface area contributed by atoms with Crippen LogP contribution in [0.2, 0.25) is 0 Å². The van der Waals surface area contributed by atoms with E-state index < -0.39 is 0 Å². The minimum atomic E-state index is -0.0268. The van der Waals surface area contributed by atoms with Gasteiger partial charge in [-0.25, -0.2) is 0 Å². The first-order valence-electron chi connectivity index (χ1n) is 6.88. The fraction of sp³-hybridized carbons (Fsp3) is 0.562. The molecule has 104 valence electrons. The standard InChI is InChI=1S/C16H24N2O/c1-15(2)9-13(15)14(19)18-12-7-5-11(6-8-12)16(3,4)10-17/h5-8,13H,9-10,17H2,1-4H3,(H,18,19). The van der Waals surface area contributed by atoms with E-state index in [4.69, 9.17) is 5.73 Å². The molecule has 0 aromatic heterocycles. The lowest BCUT2D eigenvalue weighted by Gasteiger charge is -2.23. The molecule has 0 saturated heterocycles. The van der Waals surface area contributed by atoms with Crippen LogP contribution in [0.3, 0.4) is 0 Å². The molecule has 19 heavy (non-hydrogen) atoms. The van der Waals surface area contributed by atoms with Crippen LogP contribution in [0.5, 0.6) is 0 Å². The van der Waals surface area contributed by atoms with Crippen molar-refractivity contribution in [3.63, 3.8) is 0 Å². The Labute approximate surface area is 115 Å². The summed E-state index contributed by atoms with van der Waals surface area (Å²) >= 11 is 0. The molecule has 1 amide bonds. The topological polar surface area (TPSA) is 55.1 Å². The second kappa shape index (κ2) is 4.64. The molecule has 1 atom stereocenters. The van der Waals surface area contributed by atoms with Gasteiger partial charge in [-0.1, -0.05) is 39.8 Å². The molecule has 1 aliphatic carbocycles. The molecular weight excluding hydrogens is 236 g/mol. The van der Waals surface area contributed by atoms with Gasteiger partial charge in [-0.2, -0.15) is 0 Å². The highest BCUT2D eigenvalue weighted by atomic mass is 16.2. The number of anilines is 1. The summed E-state index contributed by atoms with van der Waals surface area (Å²) in [5.41, 5.74) is 7.97. The fourth-order valence-corrected chi connectivity index (χ4v) is 2.27. The zero-order valence-corrected chi connectivity index (χ0v) is 12.3. The second-order valence-corrected chi connectivity index (χ2v) is 6.90. The summed E-state index contributed by atoms with van der Waals surface area (Å²) < 4.78 is 0. The molecular formula is C16H24N2O. The van der Waals surface area contributed by atoms with Gasteiger partial charge in [-0.05, 0) is 29.5 Å². The van der Waals surface area contributed by atoms with Gasteiger partial charge in [0.2, 0.25) is 5.91 Å². The van der Waals surface area contributed by atoms with Crippen molar-refractivity contribution in [1.29, 1.82) is 0 Å². The van der Waals surface area contributed by atoms with Crippen LogP contribution in [0, 0.1) is 11.3 Å². The van der Waals surface area contributed by atoms with Crippen LogP contribution >= 0.6 is 0 Å². The second-order valence-electron chi connectivity index (χ2n) is 6.90. The lowest BCUT2D eigenvalue weighted by molar-refractivity contribution is -0.117. The summed E-state index contributed by atoms with van der Waals surface area (Å²) in [7, 11) is 0. The van der Waals surface area contributed by atoms with E-state index in [9.17, 15) is 4.79 Å². The van der Waals surface area contributed by atoms with Crippen LogP contribution in [-0.2, 0) is 10.2 Å². The Morgan fingerprint density at radius 3 is 2.32 bits per heavy atom. The number of nitrogens with two attached hydrogens (primary N) is 1. The number of carbonyl (C=O) groups excluding carboxylic acids is 1. The van der Waals surface area contributed by atoms with Crippen molar-refractivity contribution in [1.82, 2.24) is 0 Å². The van der Waals surface area contributed by atoms with Gasteiger partial charge in [-0.3, -0.25) is 4.79 Å². The van der Waals surface area contributed by atoms with E-state index in [2.05, 4.69) is 33.0 Å². The predicted octanol–water partition coefficient (Wildman–Crippen LogP) is 2.91. The molecule has 3 heteroatoms. The molecule has 0 aliphatic heterocycles. The summed E-state index contributed by atoms with van der Waals surface area (Å²) in [6, 6.07) is 8.00. The molecule has 1 saturated carbocycles. The smallest absolute Gasteiger partial charge is 0.228 e. The van der Waals surface area contributed by atoms with Crippen molar-refractivity contribution in [2.45, 2.75) is 39.5 Å². The zero-order chi connectivity index (χ0) is 14.3. The van der Waals surface area contributed by atoms with Gasteiger partial charge < -0.3 is 11.1 Å². The molecule has 0 radical (unpaired) electrons. The highest BCUT2D eigenvalue weighted by molar-refractivity contribution is 5.94. The Kier molecular flexibility index (Phi) is 3.43. The number of carbonyl (C=O) groups is 1. The van der Waals surface area contributed by atoms with Gasteiger partial charge in [0, 0.05) is 23.6 Å². The van der Waals surface area contributed by atoms with Crippen molar-refractivity contribution in [2.24, 2.45) is 17.1 Å². The number of amides is 1. The number of nitrogens with one attached hydrogen (secondary N) is 1. The van der Waals surface area contributed by atoms with Crippen LogP contribution in [0.15, 0.2) is 24.3 Å². The minimum absolute atomic E-state index is 0.0268. The Hall–Kier alpha value is -1.35. The van der Waals surface area contributed by atoms with Crippen LogP contribution < -0.4 is 11.1 Å². The maximum Gasteiger partial charge on any atom is 0.228 e. The van der Waals surface area contributed by atoms with Gasteiger partial charge in [0.05, 0.1) is 0 Å². The van der Waals surface area contributed by atoms with E-state index in [1.54, 1.807) is 0 Å². The quantitative estimate of drug-likeness (QED) is 0.874. The SMILES string of the molecule is CC(C)(CN)c1ccc(NC(=O)C2CC2(C)C)cc1. The lowest BCUT2D eigenvalue weighted by atomic mass is 9.85. The van der Waals surface area contributed by atoms with E-state index >= 15 is 0 Å². The van der Waals surface area contributed by atoms with Crippen molar-refractivity contribution < 1.29 is 4.79 Å². The molecule has 1 aromatic rings.